The minimum Gasteiger partial charge on any atom is -0.389 e. The molecular weight excluding hydrogens is 278 g/mol. The molecule has 0 bridgehead atoms. The number of rotatable bonds is 7. The number of aryl methyl sites for hydroxylation is 2. The summed E-state index contributed by atoms with van der Waals surface area (Å²) in [5.74, 6) is 0.942. The standard InChI is InChI=1S/C13H25N3O3S/c1-6-16-8-12(15-11(16)4)20(18,19)14-9-13(5,17)7-10(2)3/h8,10,14,17H,6-7,9H2,1-5H3. The molecule has 0 fully saturated rings. The van der Waals surface area contributed by atoms with E-state index in [0.29, 0.717) is 18.8 Å². The van der Waals surface area contributed by atoms with E-state index < -0.39 is 15.6 Å². The van der Waals surface area contributed by atoms with Gasteiger partial charge in [0.15, 0.2) is 5.03 Å². The van der Waals surface area contributed by atoms with E-state index in [0.717, 1.165) is 0 Å². The molecule has 1 aromatic heterocycles. The third kappa shape index (κ3) is 4.57. The first-order valence-electron chi connectivity index (χ1n) is 6.83. The lowest BCUT2D eigenvalue weighted by molar-refractivity contribution is 0.0436. The van der Waals surface area contributed by atoms with E-state index in [2.05, 4.69) is 9.71 Å². The van der Waals surface area contributed by atoms with Crippen molar-refractivity contribution in [1.82, 2.24) is 14.3 Å². The lowest BCUT2D eigenvalue weighted by Crippen LogP contribution is -2.41. The van der Waals surface area contributed by atoms with E-state index in [9.17, 15) is 13.5 Å². The van der Waals surface area contributed by atoms with Crippen LogP contribution in [0.25, 0.3) is 0 Å². The number of nitrogens with one attached hydrogen (secondary N) is 1. The Hall–Kier alpha value is -0.920. The van der Waals surface area contributed by atoms with Gasteiger partial charge in [0.2, 0.25) is 0 Å². The maximum absolute atomic E-state index is 12.1. The number of hydrogen-bond acceptors (Lipinski definition) is 4. The molecule has 0 aliphatic rings. The summed E-state index contributed by atoms with van der Waals surface area (Å²) >= 11 is 0. The fraction of sp³-hybridized carbons (Fsp3) is 0.769. The van der Waals surface area contributed by atoms with Crippen LogP contribution in [-0.2, 0) is 16.6 Å². The molecule has 7 heteroatoms. The highest BCUT2D eigenvalue weighted by atomic mass is 32.2. The van der Waals surface area contributed by atoms with Gasteiger partial charge in [-0.2, -0.15) is 0 Å². The monoisotopic (exact) mass is 303 g/mol. The summed E-state index contributed by atoms with van der Waals surface area (Å²) in [6, 6.07) is 0. The van der Waals surface area contributed by atoms with Crippen molar-refractivity contribution in [2.75, 3.05) is 6.54 Å². The Kier molecular flexibility index (Phi) is 5.34. The zero-order valence-corrected chi connectivity index (χ0v) is 13.7. The number of imidazole rings is 1. The molecule has 1 atom stereocenters. The number of sulfonamides is 1. The van der Waals surface area contributed by atoms with E-state index in [1.807, 2.05) is 20.8 Å². The van der Waals surface area contributed by atoms with Crippen molar-refractivity contribution in [3.8, 4) is 0 Å². The van der Waals surface area contributed by atoms with Crippen molar-refractivity contribution in [2.45, 2.75) is 58.2 Å². The quantitative estimate of drug-likeness (QED) is 0.795. The fourth-order valence-electron chi connectivity index (χ4n) is 2.20. The molecule has 1 aromatic rings. The molecule has 0 saturated carbocycles. The lowest BCUT2D eigenvalue weighted by atomic mass is 9.95. The van der Waals surface area contributed by atoms with Crippen LogP contribution in [0.4, 0.5) is 0 Å². The van der Waals surface area contributed by atoms with Gasteiger partial charge in [-0.3, -0.25) is 0 Å². The normalized spacial score (nSPS) is 15.6. The third-order valence-corrected chi connectivity index (χ3v) is 4.33. The summed E-state index contributed by atoms with van der Waals surface area (Å²) < 4.78 is 28.5. The van der Waals surface area contributed by atoms with Crippen LogP contribution < -0.4 is 4.72 Å². The predicted molar refractivity (Wildman–Crippen MR) is 77.9 cm³/mol. The molecule has 0 aromatic carbocycles. The van der Waals surface area contributed by atoms with Crippen LogP contribution >= 0.6 is 0 Å². The van der Waals surface area contributed by atoms with Gasteiger partial charge in [0.25, 0.3) is 10.0 Å². The summed E-state index contributed by atoms with van der Waals surface area (Å²) in [6.07, 6.45) is 2.03. The summed E-state index contributed by atoms with van der Waals surface area (Å²) in [6.45, 7) is 9.92. The van der Waals surface area contributed by atoms with Crippen LogP contribution in [0.5, 0.6) is 0 Å². The second kappa shape index (κ2) is 6.24. The van der Waals surface area contributed by atoms with Gasteiger partial charge < -0.3 is 9.67 Å². The molecule has 20 heavy (non-hydrogen) atoms. The second-order valence-corrected chi connectivity index (χ2v) is 7.55. The molecule has 6 nitrogen and oxygen atoms in total. The number of aliphatic hydroxyl groups is 1. The van der Waals surface area contributed by atoms with Gasteiger partial charge in [-0.05, 0) is 33.1 Å². The van der Waals surface area contributed by atoms with Gasteiger partial charge in [0, 0.05) is 19.3 Å². The first-order chi connectivity index (χ1) is 9.07. The molecule has 0 aliphatic heterocycles. The topological polar surface area (TPSA) is 84.2 Å². The predicted octanol–water partition coefficient (Wildman–Crippen LogP) is 1.29. The van der Waals surface area contributed by atoms with Crippen LogP contribution in [0.1, 0.15) is 39.9 Å². The Morgan fingerprint density at radius 3 is 2.55 bits per heavy atom. The van der Waals surface area contributed by atoms with Crippen molar-refractivity contribution >= 4 is 10.0 Å². The molecule has 0 spiro atoms. The number of nitrogens with zero attached hydrogens (tertiary/aromatic N) is 2. The Labute approximate surface area is 121 Å². The minimum absolute atomic E-state index is 0.00260. The second-order valence-electron chi connectivity index (χ2n) is 5.83. The Morgan fingerprint density at radius 1 is 1.50 bits per heavy atom. The number of aromatic nitrogens is 2. The van der Waals surface area contributed by atoms with Crippen LogP contribution in [0.2, 0.25) is 0 Å². The molecule has 116 valence electrons. The lowest BCUT2D eigenvalue weighted by Gasteiger charge is -2.25. The number of hydrogen-bond donors (Lipinski definition) is 2. The van der Waals surface area contributed by atoms with Crippen molar-refractivity contribution in [2.24, 2.45) is 5.92 Å². The van der Waals surface area contributed by atoms with Crippen molar-refractivity contribution < 1.29 is 13.5 Å². The van der Waals surface area contributed by atoms with Gasteiger partial charge in [-0.1, -0.05) is 13.8 Å². The Balaban J connectivity index is 2.80. The molecule has 0 amide bonds. The van der Waals surface area contributed by atoms with Gasteiger partial charge in [0.1, 0.15) is 5.82 Å². The Morgan fingerprint density at radius 2 is 2.10 bits per heavy atom. The average molecular weight is 303 g/mol. The smallest absolute Gasteiger partial charge is 0.259 e. The summed E-state index contributed by atoms with van der Waals surface area (Å²) in [5, 5.41) is 10.1. The van der Waals surface area contributed by atoms with E-state index in [4.69, 9.17) is 0 Å². The first kappa shape index (κ1) is 17.1. The zero-order chi connectivity index (χ0) is 15.6. The molecule has 1 unspecified atom stereocenters. The molecule has 1 heterocycles. The van der Waals surface area contributed by atoms with Gasteiger partial charge in [-0.15, -0.1) is 0 Å². The van der Waals surface area contributed by atoms with E-state index >= 15 is 0 Å². The van der Waals surface area contributed by atoms with Crippen molar-refractivity contribution in [3.63, 3.8) is 0 Å². The van der Waals surface area contributed by atoms with Gasteiger partial charge >= 0.3 is 0 Å². The Bertz CT molecular complexity index is 547. The van der Waals surface area contributed by atoms with E-state index in [-0.39, 0.29) is 17.5 Å². The third-order valence-electron chi connectivity index (χ3n) is 3.06. The SMILES string of the molecule is CCn1cc(S(=O)(=O)NCC(C)(O)CC(C)C)nc1C. The maximum atomic E-state index is 12.1. The van der Waals surface area contributed by atoms with Crippen LogP contribution in [0.15, 0.2) is 11.2 Å². The molecule has 1 rings (SSSR count). The molecule has 0 saturated heterocycles. The minimum atomic E-state index is -3.68. The van der Waals surface area contributed by atoms with Gasteiger partial charge in [0.05, 0.1) is 5.60 Å². The zero-order valence-electron chi connectivity index (χ0n) is 12.8. The highest BCUT2D eigenvalue weighted by molar-refractivity contribution is 7.89. The van der Waals surface area contributed by atoms with E-state index in [1.54, 1.807) is 18.4 Å². The van der Waals surface area contributed by atoms with Crippen molar-refractivity contribution in [1.29, 1.82) is 0 Å². The van der Waals surface area contributed by atoms with Gasteiger partial charge in [-0.25, -0.2) is 18.1 Å². The summed E-state index contributed by atoms with van der Waals surface area (Å²) in [5.41, 5.74) is -1.07. The summed E-state index contributed by atoms with van der Waals surface area (Å²) in [4.78, 5) is 4.05. The maximum Gasteiger partial charge on any atom is 0.259 e. The highest BCUT2D eigenvalue weighted by Gasteiger charge is 2.26. The van der Waals surface area contributed by atoms with Crippen LogP contribution in [0.3, 0.4) is 0 Å². The van der Waals surface area contributed by atoms with Crippen LogP contribution in [0, 0.1) is 12.8 Å². The van der Waals surface area contributed by atoms with E-state index in [1.165, 1.54) is 6.20 Å². The van der Waals surface area contributed by atoms with Crippen LogP contribution in [-0.4, -0.2) is 35.2 Å². The first-order valence-corrected chi connectivity index (χ1v) is 8.31. The fourth-order valence-corrected chi connectivity index (χ4v) is 3.37. The molecule has 2 N–H and O–H groups in total. The largest absolute Gasteiger partial charge is 0.389 e. The molecular formula is C13H25N3O3S. The molecule has 0 aliphatic carbocycles. The highest BCUT2D eigenvalue weighted by Crippen LogP contribution is 2.16. The average Bonchev–Trinajstić information content (AvgIpc) is 2.67. The molecule has 0 radical (unpaired) electrons. The summed E-state index contributed by atoms with van der Waals surface area (Å²) in [7, 11) is -3.68. The van der Waals surface area contributed by atoms with Crippen molar-refractivity contribution in [3.05, 3.63) is 12.0 Å².